The fraction of sp³-hybridized carbons (Fsp3) is 0.298. The van der Waals surface area contributed by atoms with E-state index in [4.69, 9.17) is 32.8 Å². The van der Waals surface area contributed by atoms with E-state index in [0.29, 0.717) is 65.9 Å². The summed E-state index contributed by atoms with van der Waals surface area (Å²) in [5.74, 6) is 1.31. The summed E-state index contributed by atoms with van der Waals surface area (Å²) in [7, 11) is 4.61. The molecule has 0 spiro atoms. The average molecular weight is 788 g/mol. The van der Waals surface area contributed by atoms with E-state index >= 15 is 0 Å². The van der Waals surface area contributed by atoms with Crippen molar-refractivity contribution in [2.24, 2.45) is 0 Å². The molecule has 11 nitrogen and oxygen atoms in total. The molecule has 0 aliphatic carbocycles. The number of esters is 2. The predicted octanol–water partition coefficient (Wildman–Crippen LogP) is 8.87. The van der Waals surface area contributed by atoms with Gasteiger partial charge in [0.1, 0.15) is 11.3 Å². The Morgan fingerprint density at radius 3 is 1.97 bits per heavy atom. The van der Waals surface area contributed by atoms with E-state index in [2.05, 4.69) is 11.0 Å². The van der Waals surface area contributed by atoms with Crippen molar-refractivity contribution >= 4 is 50.5 Å². The number of rotatable bonds is 21. The minimum atomic E-state index is -0.453. The molecule has 0 atom stereocenters. The van der Waals surface area contributed by atoms with Crippen LogP contribution < -0.4 is 24.6 Å². The molecule has 0 aliphatic heterocycles. The van der Waals surface area contributed by atoms with Crippen LogP contribution in [-0.4, -0.2) is 77.6 Å². The number of hydrogen-bond donors (Lipinski definition) is 0. The van der Waals surface area contributed by atoms with Crippen LogP contribution in [0.5, 0.6) is 23.0 Å². The molecule has 6 rings (SSSR count). The number of carbonyl (C=O) groups is 2. The number of methoxy groups -OCH3 is 3. The minimum absolute atomic E-state index is 0.256. The van der Waals surface area contributed by atoms with Gasteiger partial charge < -0.3 is 37.7 Å². The van der Waals surface area contributed by atoms with Crippen LogP contribution in [0, 0.1) is 0 Å². The maximum absolute atomic E-state index is 13.4. The van der Waals surface area contributed by atoms with Crippen molar-refractivity contribution in [2.45, 2.75) is 32.1 Å². The first-order valence-corrected chi connectivity index (χ1v) is 19.5. The Kier molecular flexibility index (Phi) is 14.8. The van der Waals surface area contributed by atoms with Gasteiger partial charge in [0.2, 0.25) is 5.75 Å². The summed E-state index contributed by atoms with van der Waals surface area (Å²) in [5, 5.41) is 4.61. The zero-order valence-corrected chi connectivity index (χ0v) is 33.2. The number of hydrogen-bond acceptors (Lipinski definition) is 11. The Labute approximate surface area is 337 Å². The number of fused-ring (bicyclic) bond motifs is 3. The van der Waals surface area contributed by atoms with Crippen molar-refractivity contribution in [1.82, 2.24) is 4.90 Å². The van der Waals surface area contributed by atoms with Gasteiger partial charge in [0.15, 0.2) is 11.5 Å². The lowest BCUT2D eigenvalue weighted by Crippen LogP contribution is -2.29. The van der Waals surface area contributed by atoms with Crippen LogP contribution in [0.1, 0.15) is 48.0 Å². The molecule has 11 heteroatoms. The van der Waals surface area contributed by atoms with Gasteiger partial charge in [-0.05, 0) is 108 Å². The maximum atomic E-state index is 13.4. The molecule has 0 amide bonds. The summed E-state index contributed by atoms with van der Waals surface area (Å²) in [6.07, 6.45) is 6.93. The minimum Gasteiger partial charge on any atom is -0.493 e. The van der Waals surface area contributed by atoms with Gasteiger partial charge >= 0.3 is 17.6 Å². The second-order valence-corrected chi connectivity index (χ2v) is 13.7. The first-order valence-electron chi connectivity index (χ1n) is 19.5. The lowest BCUT2D eigenvalue weighted by Gasteiger charge is -2.22. The van der Waals surface area contributed by atoms with Crippen molar-refractivity contribution < 1.29 is 42.4 Å². The molecule has 0 aliphatic rings. The van der Waals surface area contributed by atoms with E-state index in [1.807, 2.05) is 60.7 Å². The molecule has 0 saturated carbocycles. The molecule has 1 aromatic heterocycles. The Hall–Kier alpha value is -6.33. The summed E-state index contributed by atoms with van der Waals surface area (Å²) >= 11 is 0. The summed E-state index contributed by atoms with van der Waals surface area (Å²) < 4.78 is 38.8. The Morgan fingerprint density at radius 2 is 1.28 bits per heavy atom. The molecule has 0 fully saturated rings. The van der Waals surface area contributed by atoms with Crippen molar-refractivity contribution in [1.29, 1.82) is 0 Å². The van der Waals surface area contributed by atoms with E-state index in [9.17, 15) is 14.4 Å². The van der Waals surface area contributed by atoms with Gasteiger partial charge in [-0.15, -0.1) is 0 Å². The van der Waals surface area contributed by atoms with Crippen LogP contribution >= 0.6 is 0 Å². The average Bonchev–Trinajstić information content (AvgIpc) is 3.25. The summed E-state index contributed by atoms with van der Waals surface area (Å²) in [6.45, 7) is 3.35. The van der Waals surface area contributed by atoms with Gasteiger partial charge in [0.05, 0.1) is 46.7 Å². The summed E-state index contributed by atoms with van der Waals surface area (Å²) in [4.78, 5) is 40.0. The van der Waals surface area contributed by atoms with Gasteiger partial charge in [-0.3, -0.25) is 0 Å². The molecular formula is C47H49NO10. The van der Waals surface area contributed by atoms with Crippen LogP contribution in [0.2, 0.25) is 0 Å². The van der Waals surface area contributed by atoms with E-state index in [1.54, 1.807) is 30.3 Å². The number of carbonyl (C=O) groups excluding carboxylic acids is 2. The van der Waals surface area contributed by atoms with E-state index < -0.39 is 11.6 Å². The Morgan fingerprint density at radius 1 is 0.638 bits per heavy atom. The first-order chi connectivity index (χ1) is 28.4. The monoisotopic (exact) mass is 787 g/mol. The Balaban J connectivity index is 0.986. The number of benzene rings is 5. The van der Waals surface area contributed by atoms with Crippen LogP contribution in [0.15, 0.2) is 112 Å². The number of unbranched alkanes of at least 4 members (excludes halogenated alkanes) is 2. The van der Waals surface area contributed by atoms with Gasteiger partial charge in [0, 0.05) is 36.7 Å². The highest BCUT2D eigenvalue weighted by Crippen LogP contribution is 2.38. The van der Waals surface area contributed by atoms with Gasteiger partial charge in [-0.1, -0.05) is 48.5 Å². The first kappa shape index (κ1) is 41.3. The van der Waals surface area contributed by atoms with Crippen LogP contribution in [0.25, 0.3) is 38.6 Å². The highest BCUT2D eigenvalue weighted by molar-refractivity contribution is 6.16. The number of nitrogens with zero attached hydrogens (tertiary/aromatic N) is 1. The van der Waals surface area contributed by atoms with E-state index in [1.165, 1.54) is 33.5 Å². The van der Waals surface area contributed by atoms with Gasteiger partial charge in [-0.25, -0.2) is 14.4 Å². The molecule has 0 radical (unpaired) electrons. The van der Waals surface area contributed by atoms with Crippen molar-refractivity contribution in [2.75, 3.05) is 60.8 Å². The SMILES string of the molecule is COc1cc(/C=C/C(=O)OCCCN(CCCCCOC(=O)c2c3ccccc3cc3ccccc23)CCCOc2ccc3ccc(=O)oc3c2)cc(OC)c1OC. The highest BCUT2D eigenvalue weighted by Gasteiger charge is 2.17. The van der Waals surface area contributed by atoms with Crippen molar-refractivity contribution in [3.05, 3.63) is 125 Å². The Bertz CT molecular complexity index is 2340. The topological polar surface area (TPSA) is 123 Å². The summed E-state index contributed by atoms with van der Waals surface area (Å²) in [6, 6.07) is 30.0. The van der Waals surface area contributed by atoms with Crippen molar-refractivity contribution in [3.8, 4) is 23.0 Å². The normalized spacial score (nSPS) is 11.4. The molecule has 0 saturated heterocycles. The molecule has 5 aromatic carbocycles. The fourth-order valence-electron chi connectivity index (χ4n) is 6.90. The molecule has 0 bridgehead atoms. The highest BCUT2D eigenvalue weighted by atomic mass is 16.5. The van der Waals surface area contributed by atoms with Gasteiger partial charge in [0.25, 0.3) is 0 Å². The molecule has 0 unspecified atom stereocenters. The largest absolute Gasteiger partial charge is 0.493 e. The second kappa shape index (κ2) is 20.7. The molecular weight excluding hydrogens is 739 g/mol. The third-order valence-corrected chi connectivity index (χ3v) is 9.77. The molecule has 1 heterocycles. The molecule has 58 heavy (non-hydrogen) atoms. The standard InChI is InChI=1S/C47H49NO10/c1-52-41-29-33(30-42(53-2)46(41)54-3)17-21-43(49)56-28-12-25-48(24-11-27-55-37-20-18-34-19-22-44(50)58-40(34)32-37)23-9-4-10-26-57-47(51)45-38-15-7-5-13-35(38)31-36-14-6-8-16-39(36)45/h5-8,13-22,29-32H,4,9-12,23-28H2,1-3H3/b21-17+. The number of ether oxygens (including phenoxy) is 6. The van der Waals surface area contributed by atoms with Crippen LogP contribution in [0.3, 0.4) is 0 Å². The lowest BCUT2D eigenvalue weighted by molar-refractivity contribution is -0.137. The van der Waals surface area contributed by atoms with Crippen LogP contribution in [0.4, 0.5) is 0 Å². The van der Waals surface area contributed by atoms with Gasteiger partial charge in [-0.2, -0.15) is 0 Å². The van der Waals surface area contributed by atoms with E-state index in [0.717, 1.165) is 65.7 Å². The van der Waals surface area contributed by atoms with Crippen molar-refractivity contribution in [3.63, 3.8) is 0 Å². The quantitative estimate of drug-likeness (QED) is 0.0229. The maximum Gasteiger partial charge on any atom is 0.339 e. The molecule has 302 valence electrons. The second-order valence-electron chi connectivity index (χ2n) is 13.7. The lowest BCUT2D eigenvalue weighted by atomic mass is 9.97. The van der Waals surface area contributed by atoms with E-state index in [-0.39, 0.29) is 12.6 Å². The smallest absolute Gasteiger partial charge is 0.339 e. The molecule has 6 aromatic rings. The molecule has 0 N–H and O–H groups in total. The zero-order valence-electron chi connectivity index (χ0n) is 33.2. The predicted molar refractivity (Wildman–Crippen MR) is 225 cm³/mol. The summed E-state index contributed by atoms with van der Waals surface area (Å²) in [5.41, 5.74) is 1.38. The third kappa shape index (κ3) is 10.9. The fourth-order valence-corrected chi connectivity index (χ4v) is 6.90. The third-order valence-electron chi connectivity index (χ3n) is 9.77. The van der Waals surface area contributed by atoms with Crippen LogP contribution in [-0.2, 0) is 14.3 Å². The zero-order chi connectivity index (χ0) is 40.7.